The summed E-state index contributed by atoms with van der Waals surface area (Å²) in [4.78, 5) is 24.2. The molecule has 1 saturated heterocycles. The summed E-state index contributed by atoms with van der Waals surface area (Å²) in [6, 6.07) is 10.5. The highest BCUT2D eigenvalue weighted by atomic mass is 35.5. The average molecular weight is 510 g/mol. The molecule has 2 atom stereocenters. The standard InChI is InChI=1S/C23H22Cl2FN3O5/c24-17-1-4-21(14(5-17)7-27)34-13-23(31)29-9-16-11-32-10-15(16)8-28-22(30)12-33-18-2-3-19(25)20(26)6-18/h1-6,15-16H,8-13H2,(H,28,30)(H,29,31)/t15-,16+/m1/s1. The van der Waals surface area contributed by atoms with Gasteiger partial charge in [0.05, 0.1) is 23.8 Å². The van der Waals surface area contributed by atoms with Crippen LogP contribution in [0.5, 0.6) is 11.5 Å². The summed E-state index contributed by atoms with van der Waals surface area (Å²) >= 11 is 11.5. The number of halogens is 3. The lowest BCUT2D eigenvalue weighted by Gasteiger charge is -2.19. The summed E-state index contributed by atoms with van der Waals surface area (Å²) in [7, 11) is 0. The summed E-state index contributed by atoms with van der Waals surface area (Å²) in [6.45, 7) is 1.03. The second-order valence-electron chi connectivity index (χ2n) is 7.57. The predicted octanol–water partition coefficient (Wildman–Crippen LogP) is 2.96. The number of nitrogens with zero attached hydrogens (tertiary/aromatic N) is 1. The van der Waals surface area contributed by atoms with Crippen LogP contribution in [0, 0.1) is 29.0 Å². The molecule has 0 radical (unpaired) electrons. The molecule has 0 spiro atoms. The normalized spacial score (nSPS) is 17.0. The third-order valence-electron chi connectivity index (χ3n) is 5.14. The molecule has 2 aromatic rings. The molecule has 2 N–H and O–H groups in total. The minimum atomic E-state index is -0.628. The van der Waals surface area contributed by atoms with Crippen LogP contribution in [0.2, 0.25) is 10.0 Å². The second-order valence-corrected chi connectivity index (χ2v) is 8.41. The zero-order valence-electron chi connectivity index (χ0n) is 18.0. The fraction of sp³-hybridized carbons (Fsp3) is 0.348. The summed E-state index contributed by atoms with van der Waals surface area (Å²) in [5, 5.41) is 15.0. The van der Waals surface area contributed by atoms with Crippen LogP contribution in [0.25, 0.3) is 0 Å². The van der Waals surface area contributed by atoms with E-state index in [1.165, 1.54) is 24.3 Å². The van der Waals surface area contributed by atoms with E-state index in [1.807, 2.05) is 6.07 Å². The van der Waals surface area contributed by atoms with Gasteiger partial charge in [0, 0.05) is 36.0 Å². The molecule has 1 aliphatic heterocycles. The highest BCUT2D eigenvalue weighted by Gasteiger charge is 2.29. The van der Waals surface area contributed by atoms with Gasteiger partial charge in [-0.05, 0) is 30.3 Å². The Bertz CT molecular complexity index is 1080. The van der Waals surface area contributed by atoms with Gasteiger partial charge in [0.2, 0.25) is 0 Å². The number of nitriles is 1. The van der Waals surface area contributed by atoms with Crippen molar-refractivity contribution in [1.29, 1.82) is 5.26 Å². The van der Waals surface area contributed by atoms with Crippen molar-refractivity contribution in [3.05, 3.63) is 57.8 Å². The first-order chi connectivity index (χ1) is 16.4. The van der Waals surface area contributed by atoms with Crippen molar-refractivity contribution in [2.24, 2.45) is 11.8 Å². The van der Waals surface area contributed by atoms with Crippen molar-refractivity contribution < 1.29 is 28.2 Å². The molecule has 8 nitrogen and oxygen atoms in total. The van der Waals surface area contributed by atoms with Crippen LogP contribution in [-0.2, 0) is 14.3 Å². The van der Waals surface area contributed by atoms with Gasteiger partial charge in [-0.2, -0.15) is 5.26 Å². The van der Waals surface area contributed by atoms with E-state index in [9.17, 15) is 14.0 Å². The molecule has 2 aromatic carbocycles. The highest BCUT2D eigenvalue weighted by molar-refractivity contribution is 6.31. The third-order valence-corrected chi connectivity index (χ3v) is 5.68. The smallest absolute Gasteiger partial charge is 0.257 e. The molecule has 0 saturated carbocycles. The number of amides is 2. The van der Waals surface area contributed by atoms with Crippen LogP contribution in [-0.4, -0.2) is 51.3 Å². The van der Waals surface area contributed by atoms with Gasteiger partial charge >= 0.3 is 0 Å². The summed E-state index contributed by atoms with van der Waals surface area (Å²) < 4.78 is 29.6. The van der Waals surface area contributed by atoms with Gasteiger partial charge in [-0.25, -0.2) is 4.39 Å². The number of hydrogen-bond acceptors (Lipinski definition) is 6. The van der Waals surface area contributed by atoms with Gasteiger partial charge in [0.25, 0.3) is 11.8 Å². The van der Waals surface area contributed by atoms with E-state index >= 15 is 0 Å². The van der Waals surface area contributed by atoms with E-state index in [-0.39, 0.29) is 58.9 Å². The SMILES string of the molecule is N#Cc1cc(Cl)ccc1OCC(=O)NC[C@H]1COC[C@H]1CNC(=O)COc1ccc(Cl)c(F)c1. The average Bonchev–Trinajstić information content (AvgIpc) is 3.28. The molecule has 11 heteroatoms. The van der Waals surface area contributed by atoms with Crippen molar-refractivity contribution in [3.63, 3.8) is 0 Å². The van der Waals surface area contributed by atoms with Crippen LogP contribution in [0.4, 0.5) is 4.39 Å². The number of benzene rings is 2. The summed E-state index contributed by atoms with van der Waals surface area (Å²) in [5.41, 5.74) is 0.241. The lowest BCUT2D eigenvalue weighted by Crippen LogP contribution is -2.40. The molecule has 0 bridgehead atoms. The largest absolute Gasteiger partial charge is 0.484 e. The number of rotatable bonds is 10. The number of hydrogen-bond donors (Lipinski definition) is 2. The first-order valence-corrected chi connectivity index (χ1v) is 11.1. The Hall–Kier alpha value is -3.06. The molecule has 34 heavy (non-hydrogen) atoms. The Morgan fingerprint density at radius 2 is 1.68 bits per heavy atom. The monoisotopic (exact) mass is 509 g/mol. The number of nitrogens with one attached hydrogen (secondary N) is 2. The highest BCUT2D eigenvalue weighted by Crippen LogP contribution is 2.23. The molecular weight excluding hydrogens is 488 g/mol. The Balaban J connectivity index is 1.37. The van der Waals surface area contributed by atoms with Crippen molar-refractivity contribution >= 4 is 35.0 Å². The maximum Gasteiger partial charge on any atom is 0.257 e. The number of carbonyl (C=O) groups excluding carboxylic acids is 2. The van der Waals surface area contributed by atoms with Crippen LogP contribution in [0.3, 0.4) is 0 Å². The second kappa shape index (κ2) is 12.4. The van der Waals surface area contributed by atoms with Crippen LogP contribution >= 0.6 is 23.2 Å². The molecule has 0 aromatic heterocycles. The van der Waals surface area contributed by atoms with Crippen molar-refractivity contribution in [2.45, 2.75) is 0 Å². The van der Waals surface area contributed by atoms with E-state index in [1.54, 1.807) is 6.07 Å². The Labute approximate surface area is 205 Å². The Morgan fingerprint density at radius 1 is 1.03 bits per heavy atom. The minimum absolute atomic E-state index is 0.000369. The van der Waals surface area contributed by atoms with E-state index in [4.69, 9.17) is 42.7 Å². The molecule has 0 unspecified atom stereocenters. The van der Waals surface area contributed by atoms with Gasteiger partial charge < -0.3 is 24.8 Å². The summed E-state index contributed by atoms with van der Waals surface area (Å²) in [5.74, 6) is -0.872. The Kier molecular flexibility index (Phi) is 9.33. The fourth-order valence-corrected chi connectivity index (χ4v) is 3.55. The minimum Gasteiger partial charge on any atom is -0.484 e. The van der Waals surface area contributed by atoms with Gasteiger partial charge in [0.1, 0.15) is 23.4 Å². The van der Waals surface area contributed by atoms with E-state index in [0.29, 0.717) is 31.3 Å². The fourth-order valence-electron chi connectivity index (χ4n) is 3.26. The van der Waals surface area contributed by atoms with Crippen LogP contribution in [0.1, 0.15) is 5.56 Å². The first kappa shape index (κ1) is 25.6. The number of ether oxygens (including phenoxy) is 3. The maximum atomic E-state index is 13.4. The van der Waals surface area contributed by atoms with Crippen molar-refractivity contribution in [1.82, 2.24) is 10.6 Å². The molecule has 0 aliphatic carbocycles. The van der Waals surface area contributed by atoms with Gasteiger partial charge in [-0.15, -0.1) is 0 Å². The maximum absolute atomic E-state index is 13.4. The van der Waals surface area contributed by atoms with Gasteiger partial charge in [-0.3, -0.25) is 9.59 Å². The van der Waals surface area contributed by atoms with E-state index < -0.39 is 5.82 Å². The van der Waals surface area contributed by atoms with Crippen molar-refractivity contribution in [2.75, 3.05) is 39.5 Å². The lowest BCUT2D eigenvalue weighted by atomic mass is 9.96. The molecule has 2 amide bonds. The third kappa shape index (κ3) is 7.48. The first-order valence-electron chi connectivity index (χ1n) is 10.4. The molecule has 3 rings (SSSR count). The molecule has 1 fully saturated rings. The van der Waals surface area contributed by atoms with Gasteiger partial charge in [0.15, 0.2) is 13.2 Å². The summed E-state index contributed by atoms with van der Waals surface area (Å²) in [6.07, 6.45) is 0. The molecule has 1 heterocycles. The van der Waals surface area contributed by atoms with Crippen LogP contribution < -0.4 is 20.1 Å². The number of carbonyl (C=O) groups is 2. The van der Waals surface area contributed by atoms with Gasteiger partial charge in [-0.1, -0.05) is 23.2 Å². The van der Waals surface area contributed by atoms with E-state index in [2.05, 4.69) is 10.6 Å². The molecular formula is C23H22Cl2FN3O5. The molecule has 1 aliphatic rings. The molecule has 180 valence electrons. The zero-order chi connectivity index (χ0) is 24.5. The topological polar surface area (TPSA) is 110 Å². The van der Waals surface area contributed by atoms with E-state index in [0.717, 1.165) is 6.07 Å². The zero-order valence-corrected chi connectivity index (χ0v) is 19.5. The predicted molar refractivity (Wildman–Crippen MR) is 122 cm³/mol. The lowest BCUT2D eigenvalue weighted by molar-refractivity contribution is -0.124. The Morgan fingerprint density at radius 3 is 2.29 bits per heavy atom. The quantitative estimate of drug-likeness (QED) is 0.509. The van der Waals surface area contributed by atoms with Crippen LogP contribution in [0.15, 0.2) is 36.4 Å². The van der Waals surface area contributed by atoms with Crippen molar-refractivity contribution in [3.8, 4) is 17.6 Å².